The van der Waals surface area contributed by atoms with E-state index in [0.717, 1.165) is 17.9 Å². The number of carbonyl (C=O) groups is 1. The lowest BCUT2D eigenvalue weighted by atomic mass is 10.2. The van der Waals surface area contributed by atoms with E-state index in [9.17, 15) is 4.79 Å². The topological polar surface area (TPSA) is 80.0 Å². The first-order valence-corrected chi connectivity index (χ1v) is 6.55. The van der Waals surface area contributed by atoms with Crippen LogP contribution in [0, 0.1) is 6.92 Å². The average molecular weight is 274 g/mol. The van der Waals surface area contributed by atoms with Crippen molar-refractivity contribution in [1.29, 1.82) is 0 Å². The molecule has 0 bridgehead atoms. The zero-order valence-corrected chi connectivity index (χ0v) is 11.8. The van der Waals surface area contributed by atoms with Gasteiger partial charge in [0.2, 0.25) is 0 Å². The minimum absolute atomic E-state index is 0.124. The molecule has 2 aromatic heterocycles. The van der Waals surface area contributed by atoms with Crippen molar-refractivity contribution in [3.8, 4) is 0 Å². The zero-order valence-electron chi connectivity index (χ0n) is 11.8. The zero-order chi connectivity index (χ0) is 14.5. The molecule has 2 rings (SSSR count). The van der Waals surface area contributed by atoms with E-state index in [2.05, 4.69) is 20.8 Å². The maximum Gasteiger partial charge on any atom is 0.270 e. The van der Waals surface area contributed by atoms with Gasteiger partial charge >= 0.3 is 0 Å². The van der Waals surface area contributed by atoms with Crippen molar-refractivity contribution in [2.75, 3.05) is 5.32 Å². The number of carbonyl (C=O) groups excluding carboxylic acids is 1. The Bertz CT molecular complexity index is 594. The third kappa shape index (κ3) is 3.57. The molecule has 20 heavy (non-hydrogen) atoms. The van der Waals surface area contributed by atoms with Gasteiger partial charge in [0.25, 0.3) is 5.91 Å². The molecule has 0 saturated carbocycles. The Morgan fingerprint density at radius 3 is 2.90 bits per heavy atom. The maximum absolute atomic E-state index is 12.0. The Kier molecular flexibility index (Phi) is 4.34. The monoisotopic (exact) mass is 274 g/mol. The number of nitrogens with zero attached hydrogens (tertiary/aromatic N) is 2. The van der Waals surface area contributed by atoms with Crippen molar-refractivity contribution in [3.63, 3.8) is 0 Å². The molecule has 0 saturated heterocycles. The van der Waals surface area contributed by atoms with Gasteiger partial charge in [0.05, 0.1) is 0 Å². The molecule has 1 atom stereocenters. The number of rotatable bonds is 5. The minimum atomic E-state index is -0.181. The lowest BCUT2D eigenvalue weighted by Gasteiger charge is -2.11. The van der Waals surface area contributed by atoms with Crippen LogP contribution in [0.25, 0.3) is 0 Å². The fourth-order valence-corrected chi connectivity index (χ4v) is 1.61. The summed E-state index contributed by atoms with van der Waals surface area (Å²) in [6.45, 7) is 5.79. The van der Waals surface area contributed by atoms with E-state index in [0.29, 0.717) is 11.5 Å². The number of pyridine rings is 1. The number of hydrogen-bond acceptors (Lipinski definition) is 5. The molecule has 6 heteroatoms. The number of aromatic nitrogens is 2. The standard InChI is InChI=1S/C14H18N4O2/c1-4-9(2)16-14(19)12-8-11(5-6-15-12)17-13-7-10(3)20-18-13/h5-9H,4H2,1-3H3,(H,16,19)(H,15,17,18). The average Bonchev–Trinajstić information content (AvgIpc) is 2.84. The van der Waals surface area contributed by atoms with E-state index in [1.165, 1.54) is 0 Å². The van der Waals surface area contributed by atoms with Crippen LogP contribution in [0.5, 0.6) is 0 Å². The number of hydrogen-bond donors (Lipinski definition) is 2. The van der Waals surface area contributed by atoms with E-state index in [4.69, 9.17) is 4.52 Å². The first kappa shape index (κ1) is 14.0. The molecule has 2 aromatic rings. The van der Waals surface area contributed by atoms with E-state index in [1.54, 1.807) is 24.4 Å². The third-order valence-electron chi connectivity index (χ3n) is 2.88. The van der Waals surface area contributed by atoms with Gasteiger partial charge in [0.15, 0.2) is 5.82 Å². The molecule has 0 aliphatic carbocycles. The molecule has 0 aromatic carbocycles. The molecule has 0 aliphatic heterocycles. The van der Waals surface area contributed by atoms with E-state index < -0.39 is 0 Å². The highest BCUT2D eigenvalue weighted by Crippen LogP contribution is 2.16. The Hall–Kier alpha value is -2.37. The lowest BCUT2D eigenvalue weighted by molar-refractivity contribution is 0.0934. The Labute approximate surface area is 117 Å². The van der Waals surface area contributed by atoms with Gasteiger partial charge in [-0.2, -0.15) is 0 Å². The first-order valence-electron chi connectivity index (χ1n) is 6.55. The predicted octanol–water partition coefficient (Wildman–Crippen LogP) is 2.65. The summed E-state index contributed by atoms with van der Waals surface area (Å²) in [5.41, 5.74) is 1.11. The second-order valence-electron chi connectivity index (χ2n) is 4.66. The van der Waals surface area contributed by atoms with E-state index in [-0.39, 0.29) is 11.9 Å². The summed E-state index contributed by atoms with van der Waals surface area (Å²) in [7, 11) is 0. The van der Waals surface area contributed by atoms with Gasteiger partial charge in [-0.15, -0.1) is 0 Å². The number of amides is 1. The molecule has 106 valence electrons. The SMILES string of the molecule is CCC(C)NC(=O)c1cc(Nc2cc(C)on2)ccn1. The highest BCUT2D eigenvalue weighted by molar-refractivity contribution is 5.93. The summed E-state index contributed by atoms with van der Waals surface area (Å²) < 4.78 is 4.97. The predicted molar refractivity (Wildman–Crippen MR) is 76.0 cm³/mol. The highest BCUT2D eigenvalue weighted by Gasteiger charge is 2.11. The van der Waals surface area contributed by atoms with Crippen LogP contribution < -0.4 is 10.6 Å². The van der Waals surface area contributed by atoms with E-state index >= 15 is 0 Å². The van der Waals surface area contributed by atoms with Crippen LogP contribution in [0.1, 0.15) is 36.5 Å². The van der Waals surface area contributed by atoms with Crippen molar-refractivity contribution in [2.24, 2.45) is 0 Å². The van der Waals surface area contributed by atoms with Crippen LogP contribution in [0.15, 0.2) is 28.9 Å². The molecule has 2 N–H and O–H groups in total. The van der Waals surface area contributed by atoms with Crippen LogP contribution in [0.4, 0.5) is 11.5 Å². The highest BCUT2D eigenvalue weighted by atomic mass is 16.5. The first-order chi connectivity index (χ1) is 9.58. The van der Waals surface area contributed by atoms with Gasteiger partial charge < -0.3 is 15.2 Å². The lowest BCUT2D eigenvalue weighted by Crippen LogP contribution is -2.32. The van der Waals surface area contributed by atoms with Crippen LogP contribution in [-0.4, -0.2) is 22.1 Å². The summed E-state index contributed by atoms with van der Waals surface area (Å²) >= 11 is 0. The smallest absolute Gasteiger partial charge is 0.270 e. The van der Waals surface area contributed by atoms with Crippen molar-refractivity contribution >= 4 is 17.4 Å². The summed E-state index contributed by atoms with van der Waals surface area (Å²) in [5, 5.41) is 9.78. The summed E-state index contributed by atoms with van der Waals surface area (Å²) in [5.74, 6) is 1.14. The third-order valence-corrected chi connectivity index (χ3v) is 2.88. The van der Waals surface area contributed by atoms with Crippen LogP contribution in [0.3, 0.4) is 0 Å². The normalized spacial score (nSPS) is 11.9. The van der Waals surface area contributed by atoms with Gasteiger partial charge in [0, 0.05) is 24.0 Å². The van der Waals surface area contributed by atoms with Gasteiger partial charge in [0.1, 0.15) is 11.5 Å². The minimum Gasteiger partial charge on any atom is -0.360 e. The molecule has 0 fully saturated rings. The molecular weight excluding hydrogens is 256 g/mol. The van der Waals surface area contributed by atoms with Crippen molar-refractivity contribution in [3.05, 3.63) is 35.9 Å². The Morgan fingerprint density at radius 2 is 2.25 bits per heavy atom. The Morgan fingerprint density at radius 1 is 1.45 bits per heavy atom. The fourth-order valence-electron chi connectivity index (χ4n) is 1.61. The van der Waals surface area contributed by atoms with Crippen molar-refractivity contribution in [1.82, 2.24) is 15.5 Å². The molecule has 0 spiro atoms. The quantitative estimate of drug-likeness (QED) is 0.876. The Balaban J connectivity index is 2.09. The molecule has 0 radical (unpaired) electrons. The molecule has 1 unspecified atom stereocenters. The number of aryl methyl sites for hydroxylation is 1. The fraction of sp³-hybridized carbons (Fsp3) is 0.357. The number of anilines is 2. The maximum atomic E-state index is 12.0. The molecule has 6 nitrogen and oxygen atoms in total. The van der Waals surface area contributed by atoms with Crippen molar-refractivity contribution < 1.29 is 9.32 Å². The molecular formula is C14H18N4O2. The molecule has 2 heterocycles. The van der Waals surface area contributed by atoms with Crippen molar-refractivity contribution in [2.45, 2.75) is 33.2 Å². The summed E-state index contributed by atoms with van der Waals surface area (Å²) in [6.07, 6.45) is 2.46. The molecule has 1 amide bonds. The van der Waals surface area contributed by atoms with Crippen LogP contribution >= 0.6 is 0 Å². The van der Waals surface area contributed by atoms with Crippen LogP contribution in [-0.2, 0) is 0 Å². The summed E-state index contributed by atoms with van der Waals surface area (Å²) in [4.78, 5) is 16.1. The van der Waals surface area contributed by atoms with Gasteiger partial charge in [-0.3, -0.25) is 9.78 Å². The van der Waals surface area contributed by atoms with Crippen LogP contribution in [0.2, 0.25) is 0 Å². The summed E-state index contributed by atoms with van der Waals surface area (Å²) in [6, 6.07) is 5.35. The van der Waals surface area contributed by atoms with Gasteiger partial charge in [-0.1, -0.05) is 12.1 Å². The van der Waals surface area contributed by atoms with Gasteiger partial charge in [-0.25, -0.2) is 0 Å². The number of nitrogens with one attached hydrogen (secondary N) is 2. The second kappa shape index (κ2) is 6.18. The second-order valence-corrected chi connectivity index (χ2v) is 4.66. The van der Waals surface area contributed by atoms with Gasteiger partial charge in [-0.05, 0) is 32.4 Å². The largest absolute Gasteiger partial charge is 0.360 e. The van der Waals surface area contributed by atoms with E-state index in [1.807, 2.05) is 20.8 Å². The molecule has 0 aliphatic rings.